The summed E-state index contributed by atoms with van der Waals surface area (Å²) in [7, 11) is 0. The molecule has 0 bridgehead atoms. The number of halogens is 1. The van der Waals surface area contributed by atoms with Crippen molar-refractivity contribution in [3.8, 4) is 0 Å². The van der Waals surface area contributed by atoms with Crippen LogP contribution in [0.5, 0.6) is 0 Å². The van der Waals surface area contributed by atoms with E-state index in [9.17, 15) is 4.39 Å². The predicted molar refractivity (Wildman–Crippen MR) is 134 cm³/mol. The van der Waals surface area contributed by atoms with Gasteiger partial charge in [0.1, 0.15) is 17.8 Å². The molecule has 1 fully saturated rings. The number of benzene rings is 3. The van der Waals surface area contributed by atoms with Crippen molar-refractivity contribution < 1.29 is 4.39 Å². The van der Waals surface area contributed by atoms with Gasteiger partial charge < -0.3 is 20.4 Å². The molecule has 1 saturated heterocycles. The Bertz CT molecular complexity index is 1260. The van der Waals surface area contributed by atoms with Gasteiger partial charge in [0.05, 0.1) is 11.4 Å². The number of piperazine rings is 1. The van der Waals surface area contributed by atoms with Crippen LogP contribution < -0.4 is 20.4 Å². The summed E-state index contributed by atoms with van der Waals surface area (Å²) in [6, 6.07) is 21.5. The molecule has 2 N–H and O–H groups in total. The van der Waals surface area contributed by atoms with Crippen LogP contribution in [0.3, 0.4) is 0 Å². The fraction of sp³-hybridized carbons (Fsp3) is 0.231. The lowest BCUT2D eigenvalue weighted by Crippen LogP contribution is -2.47. The zero-order valence-electron chi connectivity index (χ0n) is 18.7. The van der Waals surface area contributed by atoms with Crippen LogP contribution in [0.2, 0.25) is 0 Å². The van der Waals surface area contributed by atoms with E-state index in [2.05, 4.69) is 61.9 Å². The van der Waals surface area contributed by atoms with Gasteiger partial charge in [-0.25, -0.2) is 14.4 Å². The molecule has 0 saturated carbocycles. The maximum absolute atomic E-state index is 14.2. The Morgan fingerprint density at radius 3 is 2.36 bits per heavy atom. The zero-order valence-corrected chi connectivity index (χ0v) is 18.7. The number of anilines is 5. The summed E-state index contributed by atoms with van der Waals surface area (Å²) in [6.07, 6.45) is 1.58. The van der Waals surface area contributed by atoms with Crippen LogP contribution in [0.25, 0.3) is 10.8 Å². The first-order valence-electron chi connectivity index (χ1n) is 11.3. The van der Waals surface area contributed by atoms with Crippen molar-refractivity contribution in [3.63, 3.8) is 0 Å². The molecule has 168 valence electrons. The van der Waals surface area contributed by atoms with Crippen molar-refractivity contribution in [1.82, 2.24) is 9.97 Å². The van der Waals surface area contributed by atoms with Gasteiger partial charge in [0.2, 0.25) is 0 Å². The number of aromatic nitrogens is 2. The number of hydrogen-bond acceptors (Lipinski definition) is 6. The molecule has 7 heteroatoms. The number of nitrogens with zero attached hydrogens (tertiary/aromatic N) is 5. The molecule has 33 heavy (non-hydrogen) atoms. The summed E-state index contributed by atoms with van der Waals surface area (Å²) in [5.74, 6) is 1.24. The van der Waals surface area contributed by atoms with Crippen molar-refractivity contribution >= 4 is 39.5 Å². The van der Waals surface area contributed by atoms with Crippen molar-refractivity contribution in [2.24, 2.45) is 0 Å². The summed E-state index contributed by atoms with van der Waals surface area (Å²) >= 11 is 0. The van der Waals surface area contributed by atoms with E-state index < -0.39 is 0 Å². The quantitative estimate of drug-likeness (QED) is 0.477. The normalized spacial score (nSPS) is 14.0. The largest absolute Gasteiger partial charge is 0.393 e. The minimum atomic E-state index is -0.191. The highest BCUT2D eigenvalue weighted by molar-refractivity contribution is 5.97. The second-order valence-electron chi connectivity index (χ2n) is 8.10. The third-order valence-corrected chi connectivity index (χ3v) is 6.24. The lowest BCUT2D eigenvalue weighted by atomic mass is 10.1. The van der Waals surface area contributed by atoms with Gasteiger partial charge in [-0.2, -0.15) is 0 Å². The lowest BCUT2D eigenvalue weighted by Gasteiger charge is -2.37. The average Bonchev–Trinajstić information content (AvgIpc) is 2.86. The monoisotopic (exact) mass is 442 g/mol. The van der Waals surface area contributed by atoms with Crippen molar-refractivity contribution in [2.45, 2.75) is 6.92 Å². The molecule has 0 radical (unpaired) electrons. The zero-order chi connectivity index (χ0) is 22.8. The molecule has 6 nitrogen and oxygen atoms in total. The molecule has 0 unspecified atom stereocenters. The highest BCUT2D eigenvalue weighted by Gasteiger charge is 2.24. The van der Waals surface area contributed by atoms with Crippen LogP contribution in [0.15, 0.2) is 73.1 Å². The van der Waals surface area contributed by atoms with E-state index in [0.29, 0.717) is 43.4 Å². The molecule has 0 aliphatic carbocycles. The summed E-state index contributed by atoms with van der Waals surface area (Å²) in [5.41, 5.74) is 8.93. The standard InChI is InChI=1S/C26H27FN6/c1-2-33(22-13-7-9-19-8-3-4-10-20(19)22)26-24(28)25(29-18-30-26)32-16-14-31(15-17-32)23-12-6-5-11-21(23)27/h3-13,18H,2,14-17,28H2,1H3. The van der Waals surface area contributed by atoms with Crippen molar-refractivity contribution in [3.05, 3.63) is 78.9 Å². The molecular formula is C26H27FN6. The molecule has 1 aliphatic heterocycles. The van der Waals surface area contributed by atoms with E-state index in [-0.39, 0.29) is 5.82 Å². The smallest absolute Gasteiger partial charge is 0.161 e. The first-order chi connectivity index (χ1) is 16.2. The Kier molecular flexibility index (Phi) is 5.69. The van der Waals surface area contributed by atoms with E-state index in [0.717, 1.165) is 23.4 Å². The molecule has 0 atom stereocenters. The first kappa shape index (κ1) is 21.0. The minimum absolute atomic E-state index is 0.191. The van der Waals surface area contributed by atoms with Gasteiger partial charge in [-0.05, 0) is 30.5 Å². The Labute approximate surface area is 193 Å². The number of rotatable bonds is 5. The molecular weight excluding hydrogens is 415 g/mol. The van der Waals surface area contributed by atoms with Gasteiger partial charge in [-0.3, -0.25) is 0 Å². The van der Waals surface area contributed by atoms with Gasteiger partial charge in [0.25, 0.3) is 0 Å². The maximum Gasteiger partial charge on any atom is 0.161 e. The van der Waals surface area contributed by atoms with Crippen LogP contribution in [-0.4, -0.2) is 42.7 Å². The van der Waals surface area contributed by atoms with Crippen molar-refractivity contribution in [2.75, 3.05) is 53.2 Å². The van der Waals surface area contributed by atoms with Gasteiger partial charge in [0.15, 0.2) is 11.6 Å². The number of nitrogens with two attached hydrogens (primary N) is 1. The summed E-state index contributed by atoms with van der Waals surface area (Å²) in [5, 5.41) is 2.32. The van der Waals surface area contributed by atoms with Crippen LogP contribution in [0.1, 0.15) is 6.92 Å². The van der Waals surface area contributed by atoms with Gasteiger partial charge in [-0.15, -0.1) is 0 Å². The lowest BCUT2D eigenvalue weighted by molar-refractivity contribution is 0.596. The fourth-order valence-corrected chi connectivity index (χ4v) is 4.59. The highest BCUT2D eigenvalue weighted by Crippen LogP contribution is 2.37. The van der Waals surface area contributed by atoms with Crippen LogP contribution in [0.4, 0.5) is 33.1 Å². The minimum Gasteiger partial charge on any atom is -0.393 e. The van der Waals surface area contributed by atoms with Crippen LogP contribution in [0, 0.1) is 5.82 Å². The topological polar surface area (TPSA) is 61.5 Å². The third kappa shape index (κ3) is 3.91. The highest BCUT2D eigenvalue weighted by atomic mass is 19.1. The summed E-state index contributed by atoms with van der Waals surface area (Å²) in [4.78, 5) is 15.5. The second-order valence-corrected chi connectivity index (χ2v) is 8.10. The van der Waals surface area contributed by atoms with E-state index >= 15 is 0 Å². The molecule has 3 aromatic carbocycles. The predicted octanol–water partition coefficient (Wildman–Crippen LogP) is 4.84. The number of nitrogen functional groups attached to an aromatic ring is 1. The molecule has 5 rings (SSSR count). The van der Waals surface area contributed by atoms with Crippen molar-refractivity contribution in [1.29, 1.82) is 0 Å². The Morgan fingerprint density at radius 1 is 0.879 bits per heavy atom. The van der Waals surface area contributed by atoms with Gasteiger partial charge >= 0.3 is 0 Å². The second kappa shape index (κ2) is 8.94. The summed E-state index contributed by atoms with van der Waals surface area (Å²) < 4.78 is 14.2. The van der Waals surface area contributed by atoms with Gasteiger partial charge in [-0.1, -0.05) is 48.5 Å². The molecule has 4 aromatic rings. The average molecular weight is 443 g/mol. The molecule has 1 aromatic heterocycles. The maximum atomic E-state index is 14.2. The van der Waals surface area contributed by atoms with Gasteiger partial charge in [0, 0.05) is 38.1 Å². The number of hydrogen-bond donors (Lipinski definition) is 1. The fourth-order valence-electron chi connectivity index (χ4n) is 4.59. The Balaban J connectivity index is 1.43. The first-order valence-corrected chi connectivity index (χ1v) is 11.3. The van der Waals surface area contributed by atoms with E-state index in [1.54, 1.807) is 12.4 Å². The third-order valence-electron chi connectivity index (χ3n) is 6.24. The Hall–Kier alpha value is -3.87. The molecule has 0 spiro atoms. The number of para-hydroxylation sites is 1. The summed E-state index contributed by atoms with van der Waals surface area (Å²) in [6.45, 7) is 5.61. The SMILES string of the molecule is CCN(c1ncnc(N2CCN(c3ccccc3F)CC2)c1N)c1cccc2ccccc12. The van der Waals surface area contributed by atoms with Crippen LogP contribution >= 0.6 is 0 Å². The molecule has 2 heterocycles. The Morgan fingerprint density at radius 2 is 1.58 bits per heavy atom. The van der Waals surface area contributed by atoms with E-state index in [4.69, 9.17) is 5.73 Å². The molecule has 0 amide bonds. The van der Waals surface area contributed by atoms with E-state index in [1.807, 2.05) is 24.3 Å². The van der Waals surface area contributed by atoms with Crippen LogP contribution in [-0.2, 0) is 0 Å². The molecule has 1 aliphatic rings. The number of fused-ring (bicyclic) bond motifs is 1. The van der Waals surface area contributed by atoms with E-state index in [1.165, 1.54) is 11.5 Å².